The van der Waals surface area contributed by atoms with Gasteiger partial charge in [0.1, 0.15) is 0 Å². The van der Waals surface area contributed by atoms with Gasteiger partial charge in [0.2, 0.25) is 0 Å². The van der Waals surface area contributed by atoms with Crippen molar-refractivity contribution in [2.24, 2.45) is 0 Å². The van der Waals surface area contributed by atoms with Crippen LogP contribution in [0.3, 0.4) is 0 Å². The highest BCUT2D eigenvalue weighted by atomic mass is 16.7. The van der Waals surface area contributed by atoms with Crippen molar-refractivity contribution in [3.63, 3.8) is 0 Å². The molecule has 2 N–H and O–H groups in total. The van der Waals surface area contributed by atoms with Crippen LogP contribution >= 0.6 is 0 Å². The van der Waals surface area contributed by atoms with Crippen molar-refractivity contribution in [2.75, 3.05) is 0 Å². The lowest BCUT2D eigenvalue weighted by Crippen LogP contribution is -2.32. The fraction of sp³-hybridized carbons (Fsp3) is 0. The van der Waals surface area contributed by atoms with Crippen LogP contribution in [0.1, 0.15) is 10.4 Å². The summed E-state index contributed by atoms with van der Waals surface area (Å²) in [7, 11) is 0. The lowest BCUT2D eigenvalue weighted by atomic mass is 10.2. The van der Waals surface area contributed by atoms with E-state index >= 15 is 0 Å². The fourth-order valence-corrected chi connectivity index (χ4v) is 2.06. The molecule has 0 unspecified atom stereocenters. The molecule has 8 nitrogen and oxygen atoms in total. The molecule has 2 heterocycles. The van der Waals surface area contributed by atoms with Crippen molar-refractivity contribution in [2.45, 2.75) is 0 Å². The number of rotatable bonds is 3. The lowest BCUT2D eigenvalue weighted by molar-refractivity contribution is -0.170. The van der Waals surface area contributed by atoms with Crippen LogP contribution in [0.2, 0.25) is 0 Å². The van der Waals surface area contributed by atoms with E-state index in [1.165, 1.54) is 30.3 Å². The summed E-state index contributed by atoms with van der Waals surface area (Å²) in [5.74, 6) is -2.87. The maximum atomic E-state index is 12.1. The van der Waals surface area contributed by atoms with E-state index in [0.717, 1.165) is 16.7 Å². The van der Waals surface area contributed by atoms with E-state index in [1.807, 2.05) is 0 Å². The number of amides is 2. The van der Waals surface area contributed by atoms with E-state index in [0.29, 0.717) is 10.8 Å². The minimum atomic E-state index is -0.927. The molecule has 0 spiro atoms. The first-order valence-corrected chi connectivity index (χ1v) is 6.46. The average Bonchev–Trinajstić information content (AvgIpc) is 3.03. The molecular weight excluding hydrogens is 304 g/mol. The minimum Gasteiger partial charge on any atom is -0.494 e. The van der Waals surface area contributed by atoms with Crippen LogP contribution in [-0.2, 0) is 14.4 Å². The molecule has 0 aliphatic carbocycles. The van der Waals surface area contributed by atoms with Crippen molar-refractivity contribution in [3.05, 3.63) is 54.1 Å². The molecule has 1 aliphatic rings. The van der Waals surface area contributed by atoms with Crippen LogP contribution < -0.4 is 0 Å². The Labute approximate surface area is 129 Å². The smallest absolute Gasteiger partial charge is 0.364 e. The highest BCUT2D eigenvalue weighted by Gasteiger charge is 2.28. The quantitative estimate of drug-likeness (QED) is 0.814. The zero-order valence-electron chi connectivity index (χ0n) is 11.5. The molecule has 2 amide bonds. The normalized spacial score (nSPS) is 13.7. The molecule has 3 rings (SSSR count). The topological polar surface area (TPSA) is 109 Å². The van der Waals surface area contributed by atoms with Gasteiger partial charge in [-0.1, -0.05) is 11.1 Å². The number of hydroxylamine groups is 2. The number of hydrogen-bond acceptors (Lipinski definition) is 6. The maximum Gasteiger partial charge on any atom is 0.364 e. The van der Waals surface area contributed by atoms with Crippen LogP contribution in [0, 0.1) is 0 Å². The molecule has 1 aromatic carbocycles. The molecular formula is C15H10N2O6. The Morgan fingerprint density at radius 2 is 1.57 bits per heavy atom. The van der Waals surface area contributed by atoms with Gasteiger partial charge >= 0.3 is 5.97 Å². The second kappa shape index (κ2) is 5.34. The second-order valence-corrected chi connectivity index (χ2v) is 4.62. The molecule has 23 heavy (non-hydrogen) atoms. The summed E-state index contributed by atoms with van der Waals surface area (Å²) in [5.41, 5.74) is 0.333. The number of benzene rings is 1. The molecule has 1 aliphatic heterocycles. The van der Waals surface area contributed by atoms with E-state index in [9.17, 15) is 24.6 Å². The maximum absolute atomic E-state index is 12.1. The summed E-state index contributed by atoms with van der Waals surface area (Å²) in [6.07, 6.45) is 1.98. The van der Waals surface area contributed by atoms with Crippen LogP contribution in [0.4, 0.5) is 0 Å². The largest absolute Gasteiger partial charge is 0.494 e. The Morgan fingerprint density at radius 1 is 0.957 bits per heavy atom. The number of aromatic hydroxyl groups is 2. The molecule has 8 heteroatoms. The van der Waals surface area contributed by atoms with Crippen LogP contribution in [0.25, 0.3) is 5.69 Å². The van der Waals surface area contributed by atoms with Gasteiger partial charge < -0.3 is 15.1 Å². The van der Waals surface area contributed by atoms with Gasteiger partial charge in [0, 0.05) is 24.3 Å². The van der Waals surface area contributed by atoms with Gasteiger partial charge in [0.15, 0.2) is 11.8 Å². The van der Waals surface area contributed by atoms with Crippen molar-refractivity contribution < 1.29 is 29.4 Å². The SMILES string of the molecule is O=C(ON1C(=O)C=CC1=O)c1cccc(-n2c(O)ccc2O)c1. The molecule has 0 saturated carbocycles. The predicted molar refractivity (Wildman–Crippen MR) is 75.5 cm³/mol. The first kappa shape index (κ1) is 14.4. The zero-order chi connectivity index (χ0) is 16.6. The van der Waals surface area contributed by atoms with Crippen molar-refractivity contribution in [3.8, 4) is 17.4 Å². The Bertz CT molecular complexity index is 814. The Kier molecular flexibility index (Phi) is 3.34. The van der Waals surface area contributed by atoms with Crippen LogP contribution in [0.5, 0.6) is 11.8 Å². The second-order valence-electron chi connectivity index (χ2n) is 4.62. The molecule has 1 aromatic heterocycles. The van der Waals surface area contributed by atoms with E-state index in [4.69, 9.17) is 4.84 Å². The summed E-state index contributed by atoms with van der Waals surface area (Å²) in [6, 6.07) is 8.35. The van der Waals surface area contributed by atoms with E-state index in [-0.39, 0.29) is 17.3 Å². The summed E-state index contributed by atoms with van der Waals surface area (Å²) >= 11 is 0. The van der Waals surface area contributed by atoms with Gasteiger partial charge in [0.05, 0.1) is 11.3 Å². The van der Waals surface area contributed by atoms with Gasteiger partial charge in [-0.2, -0.15) is 0 Å². The Balaban J connectivity index is 1.87. The molecule has 0 fully saturated rings. The van der Waals surface area contributed by atoms with Gasteiger partial charge in [-0.25, -0.2) is 4.79 Å². The van der Waals surface area contributed by atoms with Crippen molar-refractivity contribution in [1.82, 2.24) is 9.63 Å². The van der Waals surface area contributed by atoms with Gasteiger partial charge in [-0.3, -0.25) is 14.2 Å². The molecule has 2 aromatic rings. The van der Waals surface area contributed by atoms with E-state index in [1.54, 1.807) is 6.07 Å². The number of aromatic nitrogens is 1. The first-order chi connectivity index (χ1) is 11.0. The molecule has 0 atom stereocenters. The molecule has 0 saturated heterocycles. The highest BCUT2D eigenvalue weighted by molar-refractivity contribution is 6.12. The van der Waals surface area contributed by atoms with E-state index in [2.05, 4.69) is 0 Å². The number of nitrogens with zero attached hydrogens (tertiary/aromatic N) is 2. The third-order valence-electron chi connectivity index (χ3n) is 3.12. The average molecular weight is 314 g/mol. The monoisotopic (exact) mass is 314 g/mol. The summed E-state index contributed by atoms with van der Waals surface area (Å²) in [4.78, 5) is 39.5. The van der Waals surface area contributed by atoms with Crippen molar-refractivity contribution in [1.29, 1.82) is 0 Å². The Hall–Kier alpha value is -3.55. The first-order valence-electron chi connectivity index (χ1n) is 6.46. The fourth-order valence-electron chi connectivity index (χ4n) is 2.06. The van der Waals surface area contributed by atoms with Gasteiger partial charge in [-0.15, -0.1) is 0 Å². The van der Waals surface area contributed by atoms with Crippen LogP contribution in [0.15, 0.2) is 48.6 Å². The minimum absolute atomic E-state index is 0.0301. The Morgan fingerprint density at radius 3 is 2.17 bits per heavy atom. The summed E-state index contributed by atoms with van der Waals surface area (Å²) in [6.45, 7) is 0. The molecule has 0 bridgehead atoms. The van der Waals surface area contributed by atoms with Gasteiger partial charge in [0.25, 0.3) is 11.8 Å². The molecule has 0 radical (unpaired) electrons. The van der Waals surface area contributed by atoms with E-state index < -0.39 is 17.8 Å². The lowest BCUT2D eigenvalue weighted by Gasteiger charge is -2.13. The summed E-state index contributed by atoms with van der Waals surface area (Å²) < 4.78 is 1.10. The standard InChI is InChI=1S/C15H10N2O6/c18-11-4-5-12(19)16(11)10-3-1-2-9(8-10)15(22)23-17-13(20)6-7-14(17)21/h1-8,18-19H. The zero-order valence-corrected chi connectivity index (χ0v) is 11.5. The van der Waals surface area contributed by atoms with Crippen molar-refractivity contribution >= 4 is 17.8 Å². The third-order valence-corrected chi connectivity index (χ3v) is 3.12. The third kappa shape index (κ3) is 2.53. The number of hydrogen-bond donors (Lipinski definition) is 2. The molecule has 116 valence electrons. The predicted octanol–water partition coefficient (Wildman–Crippen LogP) is 0.885. The number of carbonyl (C=O) groups excluding carboxylic acids is 3. The highest BCUT2D eigenvalue weighted by Crippen LogP contribution is 2.27. The van der Waals surface area contributed by atoms with Gasteiger partial charge in [-0.05, 0) is 18.2 Å². The number of carbonyl (C=O) groups is 3. The van der Waals surface area contributed by atoms with Crippen LogP contribution in [-0.4, -0.2) is 37.6 Å². The summed E-state index contributed by atoms with van der Waals surface area (Å²) in [5, 5.41) is 19.7. The number of imide groups is 1.